The molecule has 4 aliphatic carbocycles. The predicted octanol–water partition coefficient (Wildman–Crippen LogP) is 6.36. The minimum Gasteiger partial charge on any atom is -0.393 e. The summed E-state index contributed by atoms with van der Waals surface area (Å²) in [5.41, 5.74) is 2.34. The van der Waals surface area contributed by atoms with E-state index in [1.165, 1.54) is 38.5 Å². The zero-order valence-electron chi connectivity index (χ0n) is 19.7. The maximum Gasteiger partial charge on any atom is 0.0577 e. The molecule has 9 unspecified atom stereocenters. The Hall–Kier alpha value is -0.340. The van der Waals surface area contributed by atoms with E-state index in [2.05, 4.69) is 40.7 Å². The molecule has 4 aliphatic rings. The van der Waals surface area contributed by atoms with Crippen molar-refractivity contribution in [2.75, 3.05) is 0 Å². The molecule has 0 aromatic rings. The van der Waals surface area contributed by atoms with Gasteiger partial charge in [0.15, 0.2) is 0 Å². The Kier molecular flexibility index (Phi) is 6.01. The molecule has 0 heterocycles. The molecule has 3 saturated carbocycles. The Morgan fingerprint density at radius 2 is 1.72 bits per heavy atom. The molecule has 166 valence electrons. The highest BCUT2D eigenvalue weighted by molar-refractivity contribution is 5.27. The van der Waals surface area contributed by atoms with Crippen molar-refractivity contribution in [1.82, 2.24) is 0 Å². The summed E-state index contributed by atoms with van der Waals surface area (Å²) in [6.45, 7) is 12.2. The van der Waals surface area contributed by atoms with Gasteiger partial charge >= 0.3 is 0 Å². The van der Waals surface area contributed by atoms with Crippen LogP contribution in [0.3, 0.4) is 0 Å². The van der Waals surface area contributed by atoms with Crippen LogP contribution in [-0.4, -0.2) is 22.4 Å². The molecule has 29 heavy (non-hydrogen) atoms. The molecule has 0 spiro atoms. The van der Waals surface area contributed by atoms with Gasteiger partial charge in [-0.2, -0.15) is 0 Å². The first kappa shape index (κ1) is 21.9. The van der Waals surface area contributed by atoms with Gasteiger partial charge < -0.3 is 10.2 Å². The number of hydrogen-bond donors (Lipinski definition) is 2. The lowest BCUT2D eigenvalue weighted by Gasteiger charge is -2.62. The van der Waals surface area contributed by atoms with Crippen LogP contribution < -0.4 is 0 Å². The van der Waals surface area contributed by atoms with Crippen LogP contribution in [0.1, 0.15) is 98.8 Å². The van der Waals surface area contributed by atoms with Gasteiger partial charge in [0.05, 0.1) is 12.2 Å². The van der Waals surface area contributed by atoms with Gasteiger partial charge in [-0.05, 0) is 97.7 Å². The first-order valence-corrected chi connectivity index (χ1v) is 12.7. The molecule has 9 atom stereocenters. The van der Waals surface area contributed by atoms with E-state index in [1.54, 1.807) is 5.57 Å². The molecule has 4 rings (SSSR count). The number of aliphatic hydroxyl groups excluding tert-OH is 2. The van der Waals surface area contributed by atoms with Crippen LogP contribution in [0, 0.1) is 46.3 Å². The molecule has 2 heteroatoms. The van der Waals surface area contributed by atoms with Gasteiger partial charge in [-0.3, -0.25) is 0 Å². The molecule has 2 nitrogen and oxygen atoms in total. The molecule has 0 aromatic carbocycles. The fourth-order valence-electron chi connectivity index (χ4n) is 8.63. The maximum atomic E-state index is 11.1. The Labute approximate surface area is 179 Å². The fourth-order valence-corrected chi connectivity index (χ4v) is 8.63. The van der Waals surface area contributed by atoms with Crippen molar-refractivity contribution in [2.24, 2.45) is 46.3 Å². The third-order valence-corrected chi connectivity index (χ3v) is 10.2. The summed E-state index contributed by atoms with van der Waals surface area (Å²) < 4.78 is 0. The van der Waals surface area contributed by atoms with Crippen molar-refractivity contribution in [1.29, 1.82) is 0 Å². The lowest BCUT2D eigenvalue weighted by Crippen LogP contribution is -2.58. The summed E-state index contributed by atoms with van der Waals surface area (Å²) in [6.07, 6.45) is 14.0. The zero-order chi connectivity index (χ0) is 21.0. The number of rotatable bonds is 5. The van der Waals surface area contributed by atoms with E-state index in [-0.39, 0.29) is 17.6 Å². The van der Waals surface area contributed by atoms with E-state index in [0.717, 1.165) is 43.4 Å². The molecule has 0 bridgehead atoms. The Morgan fingerprint density at radius 3 is 2.45 bits per heavy atom. The van der Waals surface area contributed by atoms with Crippen LogP contribution in [0.15, 0.2) is 11.6 Å². The molecule has 0 aliphatic heterocycles. The van der Waals surface area contributed by atoms with Gasteiger partial charge in [0, 0.05) is 0 Å². The van der Waals surface area contributed by atoms with Crippen LogP contribution >= 0.6 is 0 Å². The van der Waals surface area contributed by atoms with Gasteiger partial charge in [0.2, 0.25) is 0 Å². The lowest BCUT2D eigenvalue weighted by molar-refractivity contribution is -0.165. The smallest absolute Gasteiger partial charge is 0.0577 e. The second-order valence-corrected chi connectivity index (χ2v) is 12.3. The van der Waals surface area contributed by atoms with Gasteiger partial charge in [-0.25, -0.2) is 0 Å². The third kappa shape index (κ3) is 3.65. The van der Waals surface area contributed by atoms with Crippen LogP contribution in [0.4, 0.5) is 0 Å². The normalized spacial score (nSPS) is 47.9. The first-order chi connectivity index (χ1) is 13.7. The third-order valence-electron chi connectivity index (χ3n) is 10.2. The molecule has 2 N–H and O–H groups in total. The average molecular weight is 403 g/mol. The molecule has 0 radical (unpaired) electrons. The minimum absolute atomic E-state index is 0.195. The Balaban J connectivity index is 1.50. The van der Waals surface area contributed by atoms with E-state index in [1.807, 2.05) is 0 Å². The van der Waals surface area contributed by atoms with Crippen molar-refractivity contribution in [2.45, 2.75) is 111 Å². The summed E-state index contributed by atoms with van der Waals surface area (Å²) in [7, 11) is 0. The number of aliphatic hydroxyl groups is 2. The summed E-state index contributed by atoms with van der Waals surface area (Å²) in [5, 5.41) is 21.4. The average Bonchev–Trinajstić information content (AvgIpc) is 3.00. The molecule has 0 saturated heterocycles. The molecular weight excluding hydrogens is 356 g/mol. The monoisotopic (exact) mass is 402 g/mol. The fraction of sp³-hybridized carbons (Fsp3) is 0.926. The highest BCUT2D eigenvalue weighted by Crippen LogP contribution is 2.67. The Morgan fingerprint density at radius 1 is 0.966 bits per heavy atom. The van der Waals surface area contributed by atoms with Crippen molar-refractivity contribution in [3.8, 4) is 0 Å². The zero-order valence-corrected chi connectivity index (χ0v) is 19.7. The van der Waals surface area contributed by atoms with Gasteiger partial charge in [-0.1, -0.05) is 59.1 Å². The second kappa shape index (κ2) is 7.97. The number of allylic oxidation sites excluding steroid dienone is 2. The van der Waals surface area contributed by atoms with Crippen LogP contribution in [-0.2, 0) is 0 Å². The van der Waals surface area contributed by atoms with Crippen LogP contribution in [0.2, 0.25) is 0 Å². The van der Waals surface area contributed by atoms with Gasteiger partial charge in [0.25, 0.3) is 0 Å². The standard InChI is InChI=1S/C27H46O2/c1-17(2)7-6-8-18(3)21-9-10-22-20-16-25(29)24-15-19(28)11-13-27(24,5)23(20)12-14-26(21,22)4/h9,17-20,22-25,28-29H,6-8,10-16H2,1-5H3. The number of fused-ring (bicyclic) bond motifs is 5. The van der Waals surface area contributed by atoms with Gasteiger partial charge in [-0.15, -0.1) is 0 Å². The summed E-state index contributed by atoms with van der Waals surface area (Å²) in [5.74, 6) is 3.96. The topological polar surface area (TPSA) is 40.5 Å². The highest BCUT2D eigenvalue weighted by atomic mass is 16.3. The van der Waals surface area contributed by atoms with Crippen molar-refractivity contribution >= 4 is 0 Å². The molecule has 0 amide bonds. The van der Waals surface area contributed by atoms with Crippen molar-refractivity contribution in [3.63, 3.8) is 0 Å². The maximum absolute atomic E-state index is 11.1. The van der Waals surface area contributed by atoms with Crippen LogP contribution in [0.5, 0.6) is 0 Å². The molecule has 0 aromatic heterocycles. The van der Waals surface area contributed by atoms with Crippen molar-refractivity contribution < 1.29 is 10.2 Å². The van der Waals surface area contributed by atoms with E-state index in [4.69, 9.17) is 0 Å². The SMILES string of the molecule is CC(C)CCCC(C)C1=CCC2C3CC(O)C4CC(O)CCC4(C)C3CCC12C. The van der Waals surface area contributed by atoms with E-state index in [0.29, 0.717) is 23.2 Å². The molecular formula is C27H46O2. The largest absolute Gasteiger partial charge is 0.393 e. The van der Waals surface area contributed by atoms with E-state index >= 15 is 0 Å². The van der Waals surface area contributed by atoms with Crippen LogP contribution in [0.25, 0.3) is 0 Å². The van der Waals surface area contributed by atoms with Gasteiger partial charge in [0.1, 0.15) is 0 Å². The highest BCUT2D eigenvalue weighted by Gasteiger charge is 2.60. The minimum atomic E-state index is -0.217. The summed E-state index contributed by atoms with van der Waals surface area (Å²) in [6, 6.07) is 0. The summed E-state index contributed by atoms with van der Waals surface area (Å²) >= 11 is 0. The van der Waals surface area contributed by atoms with Crippen molar-refractivity contribution in [3.05, 3.63) is 11.6 Å². The molecule has 3 fully saturated rings. The lowest BCUT2D eigenvalue weighted by atomic mass is 9.44. The summed E-state index contributed by atoms with van der Waals surface area (Å²) in [4.78, 5) is 0. The quantitative estimate of drug-likeness (QED) is 0.525. The Bertz CT molecular complexity index is 624. The van der Waals surface area contributed by atoms with E-state index in [9.17, 15) is 10.2 Å². The van der Waals surface area contributed by atoms with E-state index < -0.39 is 0 Å². The predicted molar refractivity (Wildman–Crippen MR) is 120 cm³/mol. The number of hydrogen-bond acceptors (Lipinski definition) is 2. The second-order valence-electron chi connectivity index (χ2n) is 12.3. The first-order valence-electron chi connectivity index (χ1n) is 12.7.